The zero-order chi connectivity index (χ0) is 19.2. The van der Waals surface area contributed by atoms with Crippen molar-refractivity contribution < 1.29 is 18.8 Å². The Morgan fingerprint density at radius 3 is 2.52 bits per heavy atom. The molecule has 1 amide bonds. The fraction of sp³-hybridized carbons (Fsp3) is 0.150. The third-order valence-electron chi connectivity index (χ3n) is 4.13. The molecule has 0 aliphatic heterocycles. The molecule has 0 saturated heterocycles. The number of ether oxygens (including phenoxy) is 1. The predicted molar refractivity (Wildman–Crippen MR) is 98.2 cm³/mol. The normalized spacial score (nSPS) is 11.6. The van der Waals surface area contributed by atoms with Crippen molar-refractivity contribution in [3.8, 4) is 11.1 Å². The molecule has 1 aromatic heterocycles. The largest absolute Gasteiger partial charge is 0.468 e. The molecule has 0 radical (unpaired) electrons. The summed E-state index contributed by atoms with van der Waals surface area (Å²) in [5.74, 6) is -3.15. The molecule has 0 aliphatic rings. The maximum atomic E-state index is 15.1. The van der Waals surface area contributed by atoms with Gasteiger partial charge in [0.2, 0.25) is 0 Å². The topological polar surface area (TPSA) is 64.4 Å². The van der Waals surface area contributed by atoms with Crippen LogP contribution in [0, 0.1) is 5.92 Å². The van der Waals surface area contributed by atoms with Gasteiger partial charge in [0.05, 0.1) is 19.1 Å². The van der Waals surface area contributed by atoms with Crippen molar-refractivity contribution in [1.29, 1.82) is 0 Å². The van der Waals surface area contributed by atoms with Gasteiger partial charge < -0.3 is 9.30 Å². The van der Waals surface area contributed by atoms with Gasteiger partial charge in [0, 0.05) is 24.5 Å². The number of rotatable bonds is 6. The first-order chi connectivity index (χ1) is 13.1. The summed E-state index contributed by atoms with van der Waals surface area (Å²) >= 11 is 0. The summed E-state index contributed by atoms with van der Waals surface area (Å²) in [6.07, 6.45) is 4.55. The van der Waals surface area contributed by atoms with Crippen LogP contribution in [0.4, 0.5) is 10.2 Å². The Morgan fingerprint density at radius 2 is 1.85 bits per heavy atom. The van der Waals surface area contributed by atoms with Crippen molar-refractivity contribution in [3.05, 3.63) is 73.3 Å². The van der Waals surface area contributed by atoms with Crippen molar-refractivity contribution in [2.24, 2.45) is 5.92 Å². The van der Waals surface area contributed by atoms with E-state index < -0.39 is 17.8 Å². The highest BCUT2D eigenvalue weighted by Crippen LogP contribution is 2.32. The predicted octanol–water partition coefficient (Wildman–Crippen LogP) is 3.26. The number of anilines is 1. The Kier molecular flexibility index (Phi) is 5.61. The Balaban J connectivity index is 1.93. The fourth-order valence-corrected chi connectivity index (χ4v) is 2.76. The number of hydrogen-bond acceptors (Lipinski definition) is 4. The van der Waals surface area contributed by atoms with Crippen LogP contribution in [0.2, 0.25) is 0 Å². The van der Waals surface area contributed by atoms with E-state index in [-0.39, 0.29) is 17.4 Å². The highest BCUT2D eigenvalue weighted by Gasteiger charge is 2.34. The summed E-state index contributed by atoms with van der Waals surface area (Å²) in [4.78, 5) is 28.7. The number of aromatic nitrogens is 2. The molecule has 3 rings (SSSR count). The molecule has 3 aromatic rings. The van der Waals surface area contributed by atoms with Gasteiger partial charge in [0.15, 0.2) is 5.92 Å². The third kappa shape index (κ3) is 4.03. The van der Waals surface area contributed by atoms with E-state index in [1.807, 2.05) is 30.3 Å². The van der Waals surface area contributed by atoms with Crippen molar-refractivity contribution in [3.63, 3.8) is 0 Å². The van der Waals surface area contributed by atoms with E-state index in [1.54, 1.807) is 24.4 Å². The van der Waals surface area contributed by atoms with Crippen LogP contribution in [0.25, 0.3) is 11.1 Å². The number of halogens is 1. The lowest BCUT2D eigenvalue weighted by atomic mass is 10.0. The van der Waals surface area contributed by atoms with E-state index in [9.17, 15) is 9.59 Å². The van der Waals surface area contributed by atoms with E-state index in [1.165, 1.54) is 23.2 Å². The average Bonchev–Trinajstić information content (AvgIpc) is 3.24. The van der Waals surface area contributed by atoms with Crippen molar-refractivity contribution in [2.45, 2.75) is 6.54 Å². The van der Waals surface area contributed by atoms with Crippen LogP contribution < -0.4 is 5.12 Å². The van der Waals surface area contributed by atoms with E-state index in [0.29, 0.717) is 5.56 Å². The second-order valence-electron chi connectivity index (χ2n) is 5.84. The summed E-state index contributed by atoms with van der Waals surface area (Å²) in [6, 6.07) is 15.7. The van der Waals surface area contributed by atoms with Gasteiger partial charge in [-0.15, -0.1) is 5.12 Å². The van der Waals surface area contributed by atoms with Gasteiger partial charge in [-0.3, -0.25) is 9.59 Å². The lowest BCUT2D eigenvalue weighted by Crippen LogP contribution is -2.38. The summed E-state index contributed by atoms with van der Waals surface area (Å²) in [5, 5.41) is 0.0147. The lowest BCUT2D eigenvalue weighted by Gasteiger charge is -2.21. The van der Waals surface area contributed by atoms with Gasteiger partial charge in [-0.25, -0.2) is 4.98 Å². The third-order valence-corrected chi connectivity index (χ3v) is 4.13. The molecule has 1 atom stereocenters. The number of carbonyl (C=O) groups excluding carboxylic acids is 2. The minimum atomic E-state index is -1.34. The van der Waals surface area contributed by atoms with Gasteiger partial charge in [-0.1, -0.05) is 53.0 Å². The molecule has 2 aromatic carbocycles. The molecular formula is C20H18FN3O3. The van der Waals surface area contributed by atoms with Gasteiger partial charge in [-0.2, -0.15) is 0 Å². The van der Waals surface area contributed by atoms with E-state index in [2.05, 4.69) is 4.98 Å². The number of para-hydroxylation sites is 1. The zero-order valence-electron chi connectivity index (χ0n) is 14.7. The maximum absolute atomic E-state index is 15.1. The summed E-state index contributed by atoms with van der Waals surface area (Å²) < 4.78 is 21.3. The van der Waals surface area contributed by atoms with Crippen molar-refractivity contribution >= 4 is 17.6 Å². The van der Waals surface area contributed by atoms with Crippen LogP contribution in [0.15, 0.2) is 73.3 Å². The smallest absolute Gasteiger partial charge is 0.320 e. The number of hydrogen-bond donors (Lipinski definition) is 0. The minimum Gasteiger partial charge on any atom is -0.468 e. The molecule has 0 saturated carbocycles. The zero-order valence-corrected chi connectivity index (χ0v) is 14.7. The standard InChI is InChI=1S/C20H18FN3O3/c1-27-20(26)17(13-23-12-11-22-14-23)19(25)24(21)18-10-6-5-9-16(18)15-7-3-2-4-8-15/h2-12,14,17H,13H2,1H3/t17-/m0/s1. The van der Waals surface area contributed by atoms with E-state index >= 15 is 4.48 Å². The Morgan fingerprint density at radius 1 is 1.15 bits per heavy atom. The van der Waals surface area contributed by atoms with E-state index in [4.69, 9.17) is 4.74 Å². The summed E-state index contributed by atoms with van der Waals surface area (Å²) in [6.45, 7) is -0.0700. The van der Waals surface area contributed by atoms with Gasteiger partial charge in [-0.05, 0) is 11.6 Å². The van der Waals surface area contributed by atoms with Crippen LogP contribution in [0.1, 0.15) is 0 Å². The second kappa shape index (κ2) is 8.27. The van der Waals surface area contributed by atoms with Crippen LogP contribution in [0.3, 0.4) is 0 Å². The summed E-state index contributed by atoms with van der Waals surface area (Å²) in [7, 11) is 1.16. The van der Waals surface area contributed by atoms with Gasteiger partial charge in [0.25, 0.3) is 5.91 Å². The van der Waals surface area contributed by atoms with Gasteiger partial charge >= 0.3 is 5.97 Å². The first-order valence-electron chi connectivity index (χ1n) is 8.29. The number of esters is 1. The number of amides is 1. The first-order valence-corrected chi connectivity index (χ1v) is 8.29. The second-order valence-corrected chi connectivity index (χ2v) is 5.84. The molecule has 138 valence electrons. The van der Waals surface area contributed by atoms with Crippen LogP contribution in [0.5, 0.6) is 0 Å². The number of imidazole rings is 1. The molecule has 1 heterocycles. The number of methoxy groups -OCH3 is 1. The molecule has 0 bridgehead atoms. The Hall–Kier alpha value is -3.48. The molecule has 27 heavy (non-hydrogen) atoms. The Labute approximate surface area is 155 Å². The number of nitrogens with zero attached hydrogens (tertiary/aromatic N) is 3. The average molecular weight is 367 g/mol. The number of benzene rings is 2. The highest BCUT2D eigenvalue weighted by atomic mass is 19.2. The van der Waals surface area contributed by atoms with Crippen LogP contribution in [-0.2, 0) is 20.9 Å². The monoisotopic (exact) mass is 367 g/mol. The Bertz CT molecular complexity index is 913. The molecule has 0 fully saturated rings. The quantitative estimate of drug-likeness (QED) is 0.381. The first kappa shape index (κ1) is 18.3. The lowest BCUT2D eigenvalue weighted by molar-refractivity contribution is -0.150. The van der Waals surface area contributed by atoms with Crippen LogP contribution in [-0.4, -0.2) is 28.5 Å². The van der Waals surface area contributed by atoms with Gasteiger partial charge in [0.1, 0.15) is 0 Å². The fourth-order valence-electron chi connectivity index (χ4n) is 2.76. The maximum Gasteiger partial charge on any atom is 0.320 e. The molecule has 7 heteroatoms. The molecular weight excluding hydrogens is 349 g/mol. The van der Waals surface area contributed by atoms with Crippen molar-refractivity contribution in [1.82, 2.24) is 9.55 Å². The molecule has 6 nitrogen and oxygen atoms in total. The van der Waals surface area contributed by atoms with Crippen LogP contribution >= 0.6 is 0 Å². The molecule has 0 N–H and O–H groups in total. The number of carbonyl (C=O) groups is 2. The molecule has 0 aliphatic carbocycles. The van der Waals surface area contributed by atoms with E-state index in [0.717, 1.165) is 12.7 Å². The molecule has 0 spiro atoms. The minimum absolute atomic E-state index is 0.0147. The molecule has 0 unspecified atom stereocenters. The highest BCUT2D eigenvalue weighted by molar-refractivity contribution is 6.06. The summed E-state index contributed by atoms with van der Waals surface area (Å²) in [5.41, 5.74) is 1.36. The SMILES string of the molecule is COC(=O)[C@@H](Cn1ccnc1)C(=O)N(F)c1ccccc1-c1ccccc1. The van der Waals surface area contributed by atoms with Crippen molar-refractivity contribution in [2.75, 3.05) is 12.2 Å².